The van der Waals surface area contributed by atoms with Crippen molar-refractivity contribution >= 4 is 32.8 Å². The summed E-state index contributed by atoms with van der Waals surface area (Å²) in [6.07, 6.45) is 0. The molecule has 0 saturated carbocycles. The van der Waals surface area contributed by atoms with Crippen LogP contribution < -0.4 is 4.72 Å². The summed E-state index contributed by atoms with van der Waals surface area (Å²) < 4.78 is 28.3. The van der Waals surface area contributed by atoms with Gasteiger partial charge in [0.15, 0.2) is 5.78 Å². The van der Waals surface area contributed by atoms with Gasteiger partial charge in [-0.15, -0.1) is 11.3 Å². The van der Waals surface area contributed by atoms with Gasteiger partial charge in [0.1, 0.15) is 0 Å². The molecule has 0 amide bonds. The third kappa shape index (κ3) is 3.84. The maximum Gasteiger partial charge on any atom is 0.262 e. The smallest absolute Gasteiger partial charge is 0.262 e. The van der Waals surface area contributed by atoms with E-state index in [0.29, 0.717) is 16.8 Å². The van der Waals surface area contributed by atoms with E-state index in [2.05, 4.69) is 9.71 Å². The summed E-state index contributed by atoms with van der Waals surface area (Å²) in [5.74, 6) is -0.122. The van der Waals surface area contributed by atoms with E-state index in [1.807, 2.05) is 18.4 Å². The predicted octanol–water partition coefficient (Wildman–Crippen LogP) is 4.43. The molecular formula is C19H18N2O3S2. The molecule has 1 N–H and O–H groups in total. The van der Waals surface area contributed by atoms with Crippen molar-refractivity contribution in [3.63, 3.8) is 0 Å². The van der Waals surface area contributed by atoms with Gasteiger partial charge in [-0.1, -0.05) is 24.3 Å². The maximum atomic E-state index is 12.9. The number of aromatic nitrogens is 1. The minimum absolute atomic E-state index is 0.122. The van der Waals surface area contributed by atoms with Crippen molar-refractivity contribution in [3.05, 3.63) is 64.0 Å². The van der Waals surface area contributed by atoms with Crippen molar-refractivity contribution in [1.82, 2.24) is 4.98 Å². The van der Waals surface area contributed by atoms with Crippen LogP contribution in [0.4, 0.5) is 5.69 Å². The number of Topliss-reactive ketones (excluding diaryl/α,β-unsaturated/α-hetero) is 1. The fourth-order valence-electron chi connectivity index (χ4n) is 2.56. The summed E-state index contributed by atoms with van der Waals surface area (Å²) in [7, 11) is -3.80. The third-order valence-corrected chi connectivity index (χ3v) is 6.21. The Kier molecular flexibility index (Phi) is 4.93. The Labute approximate surface area is 156 Å². The molecule has 3 rings (SSSR count). The Hall–Kier alpha value is -2.51. The second-order valence-electron chi connectivity index (χ2n) is 5.97. The van der Waals surface area contributed by atoms with Gasteiger partial charge in [-0.3, -0.25) is 9.52 Å². The molecule has 7 heteroatoms. The van der Waals surface area contributed by atoms with E-state index < -0.39 is 10.0 Å². The zero-order valence-electron chi connectivity index (χ0n) is 14.6. The van der Waals surface area contributed by atoms with Gasteiger partial charge in [0.25, 0.3) is 10.0 Å². The van der Waals surface area contributed by atoms with Crippen LogP contribution in [0.5, 0.6) is 0 Å². The summed E-state index contributed by atoms with van der Waals surface area (Å²) in [5.41, 5.74) is 2.94. The Morgan fingerprint density at radius 3 is 2.54 bits per heavy atom. The highest BCUT2D eigenvalue weighted by Crippen LogP contribution is 2.27. The van der Waals surface area contributed by atoms with Crippen molar-refractivity contribution in [2.45, 2.75) is 25.7 Å². The molecule has 5 nitrogen and oxygen atoms in total. The number of ketones is 1. The summed E-state index contributed by atoms with van der Waals surface area (Å²) in [5, 5.41) is 2.82. The molecule has 0 aliphatic rings. The molecule has 0 radical (unpaired) electrons. The molecule has 0 spiro atoms. The highest BCUT2D eigenvalue weighted by atomic mass is 32.2. The number of carbonyl (C=O) groups is 1. The number of carbonyl (C=O) groups excluding carboxylic acids is 1. The first kappa shape index (κ1) is 18.3. The number of sulfonamides is 1. The second-order valence-corrected chi connectivity index (χ2v) is 8.69. The normalized spacial score (nSPS) is 11.3. The highest BCUT2D eigenvalue weighted by Gasteiger charge is 2.19. The zero-order valence-corrected chi connectivity index (χ0v) is 16.2. The lowest BCUT2D eigenvalue weighted by atomic mass is 10.1. The summed E-state index contributed by atoms with van der Waals surface area (Å²) in [6, 6.07) is 11.7. The van der Waals surface area contributed by atoms with E-state index in [1.54, 1.807) is 37.3 Å². The fraction of sp³-hybridized carbons (Fsp3) is 0.158. The number of benzene rings is 2. The maximum absolute atomic E-state index is 12.9. The molecule has 134 valence electrons. The predicted molar refractivity (Wildman–Crippen MR) is 104 cm³/mol. The first-order chi connectivity index (χ1) is 12.3. The highest BCUT2D eigenvalue weighted by molar-refractivity contribution is 7.92. The van der Waals surface area contributed by atoms with E-state index in [0.717, 1.165) is 16.3 Å². The summed E-state index contributed by atoms with van der Waals surface area (Å²) in [4.78, 5) is 16.1. The summed E-state index contributed by atoms with van der Waals surface area (Å²) >= 11 is 1.52. The van der Waals surface area contributed by atoms with Crippen LogP contribution in [0.15, 0.2) is 52.7 Å². The lowest BCUT2D eigenvalue weighted by Crippen LogP contribution is -2.14. The van der Waals surface area contributed by atoms with E-state index in [9.17, 15) is 13.2 Å². The lowest BCUT2D eigenvalue weighted by molar-refractivity contribution is 0.101. The Morgan fingerprint density at radius 1 is 1.12 bits per heavy atom. The Morgan fingerprint density at radius 2 is 1.88 bits per heavy atom. The number of nitrogens with one attached hydrogen (secondary N) is 1. The fourth-order valence-corrected chi connectivity index (χ4v) is 4.50. The van der Waals surface area contributed by atoms with Crippen LogP contribution in [0.25, 0.3) is 11.3 Å². The largest absolute Gasteiger partial charge is 0.295 e. The average Bonchev–Trinajstić information content (AvgIpc) is 3.01. The number of hydrogen-bond donors (Lipinski definition) is 1. The van der Waals surface area contributed by atoms with Gasteiger partial charge in [0.05, 0.1) is 15.6 Å². The molecule has 0 fully saturated rings. The van der Waals surface area contributed by atoms with E-state index in [4.69, 9.17) is 0 Å². The average molecular weight is 386 g/mol. The number of anilines is 1. The number of nitrogens with zero attached hydrogens (tertiary/aromatic N) is 1. The minimum atomic E-state index is -3.80. The topological polar surface area (TPSA) is 76.1 Å². The molecule has 0 bridgehead atoms. The van der Waals surface area contributed by atoms with Gasteiger partial charge in [-0.2, -0.15) is 0 Å². The first-order valence-corrected chi connectivity index (χ1v) is 10.3. The molecule has 26 heavy (non-hydrogen) atoms. The van der Waals surface area contributed by atoms with Crippen molar-refractivity contribution in [2.75, 3.05) is 4.72 Å². The number of hydrogen-bond acceptors (Lipinski definition) is 5. The number of rotatable bonds is 5. The van der Waals surface area contributed by atoms with Crippen LogP contribution in [0, 0.1) is 13.8 Å². The van der Waals surface area contributed by atoms with Crippen LogP contribution in [-0.2, 0) is 10.0 Å². The van der Waals surface area contributed by atoms with Gasteiger partial charge in [-0.05, 0) is 44.5 Å². The molecule has 0 aliphatic heterocycles. The first-order valence-electron chi connectivity index (χ1n) is 7.93. The molecule has 2 aromatic carbocycles. The third-order valence-electron chi connectivity index (χ3n) is 3.91. The van der Waals surface area contributed by atoms with Gasteiger partial charge in [0, 0.05) is 22.2 Å². The van der Waals surface area contributed by atoms with Gasteiger partial charge in [-0.25, -0.2) is 13.4 Å². The van der Waals surface area contributed by atoms with Crippen LogP contribution in [0.1, 0.15) is 27.9 Å². The van der Waals surface area contributed by atoms with E-state index >= 15 is 0 Å². The molecule has 1 aromatic heterocycles. The van der Waals surface area contributed by atoms with Gasteiger partial charge >= 0.3 is 0 Å². The SMILES string of the molecule is CC(=O)c1cccc(NS(=O)(=O)c2cc(-c3csc(C)n3)ccc2C)c1. The number of aryl methyl sites for hydroxylation is 2. The molecule has 3 aromatic rings. The monoisotopic (exact) mass is 386 g/mol. The van der Waals surface area contributed by atoms with E-state index in [-0.39, 0.29) is 10.7 Å². The van der Waals surface area contributed by atoms with E-state index in [1.165, 1.54) is 24.3 Å². The van der Waals surface area contributed by atoms with Crippen molar-refractivity contribution in [2.24, 2.45) is 0 Å². The van der Waals surface area contributed by atoms with Crippen molar-refractivity contribution < 1.29 is 13.2 Å². The van der Waals surface area contributed by atoms with Crippen LogP contribution in [0.2, 0.25) is 0 Å². The molecule has 0 atom stereocenters. The lowest BCUT2D eigenvalue weighted by Gasteiger charge is -2.12. The quantitative estimate of drug-likeness (QED) is 0.658. The van der Waals surface area contributed by atoms with Gasteiger partial charge < -0.3 is 0 Å². The molecule has 0 unspecified atom stereocenters. The van der Waals surface area contributed by atoms with Crippen LogP contribution >= 0.6 is 11.3 Å². The molecule has 0 saturated heterocycles. The summed E-state index contributed by atoms with van der Waals surface area (Å²) in [6.45, 7) is 5.09. The Bertz CT molecular complexity index is 1090. The Balaban J connectivity index is 1.99. The second kappa shape index (κ2) is 7.01. The molecular weight excluding hydrogens is 368 g/mol. The van der Waals surface area contributed by atoms with Crippen molar-refractivity contribution in [1.29, 1.82) is 0 Å². The number of thiazole rings is 1. The molecule has 0 aliphatic carbocycles. The standard InChI is InChI=1S/C19H18N2O3S2/c1-12-7-8-16(18-11-25-14(3)20-18)10-19(12)26(23,24)21-17-6-4-5-15(9-17)13(2)22/h4-11,21H,1-3H3. The van der Waals surface area contributed by atoms with Gasteiger partial charge in [0.2, 0.25) is 0 Å². The minimum Gasteiger partial charge on any atom is -0.295 e. The zero-order chi connectivity index (χ0) is 18.9. The molecule has 1 heterocycles. The van der Waals surface area contributed by atoms with Crippen LogP contribution in [-0.4, -0.2) is 19.2 Å². The van der Waals surface area contributed by atoms with Crippen LogP contribution in [0.3, 0.4) is 0 Å². The van der Waals surface area contributed by atoms with Crippen molar-refractivity contribution in [3.8, 4) is 11.3 Å².